The van der Waals surface area contributed by atoms with Crippen LogP contribution >= 0.6 is 23.2 Å². The number of carbonyl (C=O) groups excluding carboxylic acids is 1. The van der Waals surface area contributed by atoms with Gasteiger partial charge in [-0.15, -0.1) is 0 Å². The predicted octanol–water partition coefficient (Wildman–Crippen LogP) is 3.62. The van der Waals surface area contributed by atoms with Gasteiger partial charge >= 0.3 is 0 Å². The summed E-state index contributed by atoms with van der Waals surface area (Å²) in [6.07, 6.45) is 4.44. The number of carbonyl (C=O) groups is 1. The quantitative estimate of drug-likeness (QED) is 0.918. The maximum atomic E-state index is 12.4. The van der Waals surface area contributed by atoms with E-state index in [2.05, 4.69) is 0 Å². The Bertz CT molecular complexity index is 453. The lowest BCUT2D eigenvalue weighted by molar-refractivity contribution is -0.127. The Kier molecular flexibility index (Phi) is 4.31. The normalized spacial score (nSPS) is 17.9. The molecule has 0 amide bonds. The Labute approximate surface area is 117 Å². The van der Waals surface area contributed by atoms with E-state index in [0.717, 1.165) is 31.2 Å². The highest BCUT2D eigenvalue weighted by atomic mass is 35.5. The van der Waals surface area contributed by atoms with Gasteiger partial charge in [0.25, 0.3) is 0 Å². The van der Waals surface area contributed by atoms with Gasteiger partial charge in [-0.2, -0.15) is 0 Å². The molecule has 4 heteroatoms. The summed E-state index contributed by atoms with van der Waals surface area (Å²) in [6, 6.07) is 5.35. The first-order valence-corrected chi connectivity index (χ1v) is 7.00. The second-order valence-corrected chi connectivity index (χ2v) is 5.85. The Balaban J connectivity index is 2.13. The molecule has 2 N–H and O–H groups in total. The number of benzene rings is 1. The summed E-state index contributed by atoms with van der Waals surface area (Å²) in [7, 11) is 0. The molecular weight excluding hydrogens is 269 g/mol. The van der Waals surface area contributed by atoms with E-state index in [-0.39, 0.29) is 11.2 Å². The molecule has 98 valence electrons. The molecule has 1 aliphatic carbocycles. The van der Waals surface area contributed by atoms with Gasteiger partial charge < -0.3 is 5.73 Å². The molecular formula is C14H17Cl2NO. The molecule has 0 radical (unpaired) electrons. The molecule has 2 nitrogen and oxygen atoms in total. The van der Waals surface area contributed by atoms with Gasteiger partial charge in [0, 0.05) is 18.4 Å². The van der Waals surface area contributed by atoms with Crippen LogP contribution < -0.4 is 5.73 Å². The smallest absolute Gasteiger partial charge is 0.144 e. The standard InChI is InChI=1S/C14H17Cl2NO/c15-11-4-3-10(7-12(11)16)8-13(18)14(9-17)5-1-2-6-14/h3-4,7H,1-2,5-6,8-9,17H2. The number of ketones is 1. The van der Waals surface area contributed by atoms with Crippen LogP contribution in [-0.4, -0.2) is 12.3 Å². The van der Waals surface area contributed by atoms with Gasteiger partial charge in [0.1, 0.15) is 5.78 Å². The molecule has 0 bridgehead atoms. The highest BCUT2D eigenvalue weighted by molar-refractivity contribution is 6.42. The van der Waals surface area contributed by atoms with E-state index >= 15 is 0 Å². The van der Waals surface area contributed by atoms with Gasteiger partial charge in [0.15, 0.2) is 0 Å². The lowest BCUT2D eigenvalue weighted by Crippen LogP contribution is -2.37. The van der Waals surface area contributed by atoms with E-state index < -0.39 is 0 Å². The van der Waals surface area contributed by atoms with Crippen molar-refractivity contribution in [2.24, 2.45) is 11.1 Å². The molecule has 0 aliphatic heterocycles. The largest absolute Gasteiger partial charge is 0.329 e. The summed E-state index contributed by atoms with van der Waals surface area (Å²) in [5, 5.41) is 1.01. The van der Waals surface area contributed by atoms with Gasteiger partial charge in [-0.05, 0) is 30.5 Å². The molecule has 2 rings (SSSR count). The van der Waals surface area contributed by atoms with Crippen LogP contribution in [0, 0.1) is 5.41 Å². The summed E-state index contributed by atoms with van der Waals surface area (Å²) in [6.45, 7) is 0.452. The van der Waals surface area contributed by atoms with Crippen molar-refractivity contribution in [3.63, 3.8) is 0 Å². The van der Waals surface area contributed by atoms with Crippen molar-refractivity contribution < 1.29 is 4.79 Å². The Morgan fingerprint density at radius 1 is 1.22 bits per heavy atom. The molecule has 1 aromatic rings. The molecule has 0 spiro atoms. The fraction of sp³-hybridized carbons (Fsp3) is 0.500. The highest BCUT2D eigenvalue weighted by Gasteiger charge is 2.39. The van der Waals surface area contributed by atoms with Crippen molar-refractivity contribution in [1.29, 1.82) is 0 Å². The number of nitrogens with two attached hydrogens (primary N) is 1. The Hall–Kier alpha value is -0.570. The van der Waals surface area contributed by atoms with Crippen molar-refractivity contribution >= 4 is 29.0 Å². The Morgan fingerprint density at radius 3 is 2.44 bits per heavy atom. The highest BCUT2D eigenvalue weighted by Crippen LogP contribution is 2.39. The minimum absolute atomic E-state index is 0.237. The fourth-order valence-electron chi connectivity index (χ4n) is 2.67. The van der Waals surface area contributed by atoms with Crippen LogP contribution in [0.4, 0.5) is 0 Å². The minimum Gasteiger partial charge on any atom is -0.329 e. The summed E-state index contributed by atoms with van der Waals surface area (Å²) in [5.74, 6) is 0.237. The van der Waals surface area contributed by atoms with E-state index in [1.54, 1.807) is 12.1 Å². The van der Waals surface area contributed by atoms with E-state index in [1.165, 1.54) is 0 Å². The molecule has 1 aliphatic rings. The number of halogens is 2. The van der Waals surface area contributed by atoms with Crippen LogP contribution in [-0.2, 0) is 11.2 Å². The summed E-state index contributed by atoms with van der Waals surface area (Å²) in [5.41, 5.74) is 6.42. The second kappa shape index (κ2) is 5.60. The van der Waals surface area contributed by atoms with E-state index in [1.807, 2.05) is 6.07 Å². The average molecular weight is 286 g/mol. The second-order valence-electron chi connectivity index (χ2n) is 5.04. The van der Waals surface area contributed by atoms with E-state index in [4.69, 9.17) is 28.9 Å². The summed E-state index contributed by atoms with van der Waals surface area (Å²) < 4.78 is 0. The lowest BCUT2D eigenvalue weighted by Gasteiger charge is -2.25. The van der Waals surface area contributed by atoms with Crippen molar-refractivity contribution in [2.45, 2.75) is 32.1 Å². The zero-order chi connectivity index (χ0) is 13.2. The van der Waals surface area contributed by atoms with Gasteiger partial charge in [-0.25, -0.2) is 0 Å². The van der Waals surface area contributed by atoms with Gasteiger partial charge in [-0.1, -0.05) is 42.1 Å². The first-order valence-electron chi connectivity index (χ1n) is 6.25. The van der Waals surface area contributed by atoms with Crippen LogP contribution in [0.25, 0.3) is 0 Å². The third-order valence-electron chi connectivity index (χ3n) is 3.89. The topological polar surface area (TPSA) is 43.1 Å². The van der Waals surface area contributed by atoms with Gasteiger partial charge in [0.2, 0.25) is 0 Å². The van der Waals surface area contributed by atoms with Crippen molar-refractivity contribution in [3.8, 4) is 0 Å². The molecule has 0 aromatic heterocycles. The molecule has 0 unspecified atom stereocenters. The average Bonchev–Trinajstić information content (AvgIpc) is 2.84. The molecule has 1 saturated carbocycles. The number of hydrogen-bond acceptors (Lipinski definition) is 2. The molecule has 0 atom stereocenters. The molecule has 0 saturated heterocycles. The van der Waals surface area contributed by atoms with Crippen molar-refractivity contribution in [3.05, 3.63) is 33.8 Å². The van der Waals surface area contributed by atoms with Gasteiger partial charge in [0.05, 0.1) is 10.0 Å². The molecule has 0 heterocycles. The van der Waals surface area contributed by atoms with Crippen LogP contribution in [0.1, 0.15) is 31.2 Å². The molecule has 18 heavy (non-hydrogen) atoms. The first-order chi connectivity index (χ1) is 8.57. The zero-order valence-corrected chi connectivity index (χ0v) is 11.7. The van der Waals surface area contributed by atoms with E-state index in [9.17, 15) is 4.79 Å². The molecule has 1 aromatic carbocycles. The number of rotatable bonds is 4. The summed E-state index contributed by atoms with van der Waals surface area (Å²) >= 11 is 11.8. The van der Waals surface area contributed by atoms with E-state index in [0.29, 0.717) is 23.0 Å². The SMILES string of the molecule is NCC1(C(=O)Cc2ccc(Cl)c(Cl)c2)CCCC1. The maximum absolute atomic E-state index is 12.4. The lowest BCUT2D eigenvalue weighted by atomic mass is 9.79. The monoisotopic (exact) mass is 285 g/mol. The molecule has 1 fully saturated rings. The third kappa shape index (κ3) is 2.71. The van der Waals surface area contributed by atoms with Crippen molar-refractivity contribution in [2.75, 3.05) is 6.54 Å². The van der Waals surface area contributed by atoms with Crippen LogP contribution in [0.3, 0.4) is 0 Å². The Morgan fingerprint density at radius 2 is 1.89 bits per heavy atom. The van der Waals surface area contributed by atoms with Gasteiger partial charge in [-0.3, -0.25) is 4.79 Å². The maximum Gasteiger partial charge on any atom is 0.144 e. The fourth-order valence-corrected chi connectivity index (χ4v) is 2.99. The number of Topliss-reactive ketones (excluding diaryl/α,β-unsaturated/α-hetero) is 1. The first kappa shape index (κ1) is 13.9. The predicted molar refractivity (Wildman–Crippen MR) is 75.1 cm³/mol. The minimum atomic E-state index is -0.299. The van der Waals surface area contributed by atoms with Crippen LogP contribution in [0.2, 0.25) is 10.0 Å². The summed E-state index contributed by atoms with van der Waals surface area (Å²) in [4.78, 5) is 12.4. The van der Waals surface area contributed by atoms with Crippen LogP contribution in [0.5, 0.6) is 0 Å². The third-order valence-corrected chi connectivity index (χ3v) is 4.63. The van der Waals surface area contributed by atoms with Crippen molar-refractivity contribution in [1.82, 2.24) is 0 Å². The van der Waals surface area contributed by atoms with Crippen LogP contribution in [0.15, 0.2) is 18.2 Å². The number of hydrogen-bond donors (Lipinski definition) is 1. The zero-order valence-electron chi connectivity index (χ0n) is 10.2.